The minimum atomic E-state index is -0.894. The second-order valence-corrected chi connectivity index (χ2v) is 3.38. The lowest BCUT2D eigenvalue weighted by Crippen LogP contribution is -2.12. The number of aliphatic carboxylic acids is 1. The molecule has 1 aromatic carbocycles. The highest BCUT2D eigenvalue weighted by Gasteiger charge is 2.01. The van der Waals surface area contributed by atoms with Crippen molar-refractivity contribution in [1.82, 2.24) is 4.98 Å². The van der Waals surface area contributed by atoms with E-state index in [4.69, 9.17) is 10.8 Å². The van der Waals surface area contributed by atoms with Crippen molar-refractivity contribution < 1.29 is 9.90 Å². The van der Waals surface area contributed by atoms with Crippen LogP contribution in [-0.2, 0) is 4.79 Å². The van der Waals surface area contributed by atoms with E-state index < -0.39 is 5.97 Å². The van der Waals surface area contributed by atoms with Crippen LogP contribution in [0.4, 0.5) is 11.5 Å². The van der Waals surface area contributed by atoms with Crippen molar-refractivity contribution in [3.8, 4) is 0 Å². The van der Waals surface area contributed by atoms with Crippen LogP contribution in [0.25, 0.3) is 10.8 Å². The molecule has 0 bridgehead atoms. The molecule has 0 unspecified atom stereocenters. The van der Waals surface area contributed by atoms with Crippen LogP contribution >= 0.6 is 0 Å². The number of nitrogens with one attached hydrogen (secondary N) is 1. The molecule has 1 aromatic heterocycles. The van der Waals surface area contributed by atoms with Crippen molar-refractivity contribution in [2.75, 3.05) is 17.6 Å². The molecule has 5 nitrogen and oxygen atoms in total. The number of carbonyl (C=O) groups is 1. The third kappa shape index (κ3) is 2.03. The van der Waals surface area contributed by atoms with Crippen LogP contribution in [0.1, 0.15) is 0 Å². The van der Waals surface area contributed by atoms with Crippen molar-refractivity contribution in [3.05, 3.63) is 30.5 Å². The third-order valence-corrected chi connectivity index (χ3v) is 2.24. The molecule has 0 fully saturated rings. The summed E-state index contributed by atoms with van der Waals surface area (Å²) in [5.74, 6) is -0.420. The lowest BCUT2D eigenvalue weighted by molar-refractivity contribution is -0.134. The molecule has 82 valence electrons. The normalized spacial score (nSPS) is 10.2. The van der Waals surface area contributed by atoms with Gasteiger partial charge in [-0.15, -0.1) is 0 Å². The minimum Gasteiger partial charge on any atom is -0.480 e. The van der Waals surface area contributed by atoms with Crippen LogP contribution < -0.4 is 11.1 Å². The van der Waals surface area contributed by atoms with Crippen LogP contribution in [0, 0.1) is 0 Å². The number of carboxylic acid groups (broad SMARTS) is 1. The maximum Gasteiger partial charge on any atom is 0.322 e. The zero-order valence-electron chi connectivity index (χ0n) is 8.47. The van der Waals surface area contributed by atoms with Gasteiger partial charge in [0.15, 0.2) is 0 Å². The lowest BCUT2D eigenvalue weighted by Gasteiger charge is -2.06. The van der Waals surface area contributed by atoms with Gasteiger partial charge >= 0.3 is 5.97 Å². The summed E-state index contributed by atoms with van der Waals surface area (Å²) in [6, 6.07) is 7.28. The van der Waals surface area contributed by atoms with Crippen LogP contribution in [0.3, 0.4) is 0 Å². The molecule has 0 atom stereocenters. The quantitative estimate of drug-likeness (QED) is 0.721. The largest absolute Gasteiger partial charge is 0.480 e. The number of nitrogens with zero attached hydrogens (tertiary/aromatic N) is 1. The van der Waals surface area contributed by atoms with Gasteiger partial charge in [0.05, 0.1) is 0 Å². The summed E-state index contributed by atoms with van der Waals surface area (Å²) in [6.07, 6.45) is 1.62. The number of pyridine rings is 1. The zero-order valence-corrected chi connectivity index (χ0v) is 8.47. The third-order valence-electron chi connectivity index (χ3n) is 2.24. The Morgan fingerprint density at radius 2 is 2.25 bits per heavy atom. The highest BCUT2D eigenvalue weighted by atomic mass is 16.4. The van der Waals surface area contributed by atoms with E-state index in [0.717, 1.165) is 16.5 Å². The van der Waals surface area contributed by atoms with Crippen LogP contribution in [0.5, 0.6) is 0 Å². The maximum atomic E-state index is 10.4. The Labute approximate surface area is 91.9 Å². The van der Waals surface area contributed by atoms with Crippen molar-refractivity contribution in [3.63, 3.8) is 0 Å². The summed E-state index contributed by atoms with van der Waals surface area (Å²) < 4.78 is 0. The van der Waals surface area contributed by atoms with Gasteiger partial charge < -0.3 is 16.2 Å². The predicted octanol–water partition coefficient (Wildman–Crippen LogP) is 1.31. The van der Waals surface area contributed by atoms with E-state index in [2.05, 4.69) is 10.3 Å². The first-order valence-electron chi connectivity index (χ1n) is 4.77. The summed E-state index contributed by atoms with van der Waals surface area (Å²) in [6.45, 7) is -0.105. The highest BCUT2D eigenvalue weighted by Crippen LogP contribution is 2.22. The number of nitrogens with two attached hydrogens (primary N) is 1. The molecule has 0 radical (unpaired) electrons. The molecule has 2 rings (SSSR count). The fourth-order valence-corrected chi connectivity index (χ4v) is 1.49. The zero-order chi connectivity index (χ0) is 11.5. The number of hydrogen-bond donors (Lipinski definition) is 3. The van der Waals surface area contributed by atoms with E-state index in [1.807, 2.05) is 18.2 Å². The number of nitrogen functional groups attached to an aromatic ring is 1. The van der Waals surface area contributed by atoms with Gasteiger partial charge in [0.2, 0.25) is 0 Å². The Bertz CT molecular complexity index is 540. The number of hydrogen-bond acceptors (Lipinski definition) is 4. The molecule has 0 aliphatic carbocycles. The SMILES string of the molecule is Nc1nccc2cc(NCC(=O)O)ccc12. The van der Waals surface area contributed by atoms with Gasteiger partial charge in [-0.25, -0.2) is 4.98 Å². The second-order valence-electron chi connectivity index (χ2n) is 3.38. The predicted molar refractivity (Wildman–Crippen MR) is 62.3 cm³/mol. The average molecular weight is 217 g/mol. The average Bonchev–Trinajstić information content (AvgIpc) is 2.26. The molecule has 0 spiro atoms. The van der Waals surface area contributed by atoms with E-state index in [-0.39, 0.29) is 6.54 Å². The van der Waals surface area contributed by atoms with E-state index in [9.17, 15) is 4.79 Å². The minimum absolute atomic E-state index is 0.105. The molecule has 0 aliphatic rings. The molecule has 0 saturated heterocycles. The number of benzene rings is 1. The fraction of sp³-hybridized carbons (Fsp3) is 0.0909. The molecule has 5 heteroatoms. The first-order valence-corrected chi connectivity index (χ1v) is 4.77. The topological polar surface area (TPSA) is 88.2 Å². The summed E-state index contributed by atoms with van der Waals surface area (Å²) >= 11 is 0. The van der Waals surface area contributed by atoms with E-state index >= 15 is 0 Å². The Kier molecular flexibility index (Phi) is 2.59. The van der Waals surface area contributed by atoms with Gasteiger partial charge in [-0.2, -0.15) is 0 Å². The van der Waals surface area contributed by atoms with Gasteiger partial charge in [0, 0.05) is 17.3 Å². The molecule has 2 aromatic rings. The molecule has 0 saturated carbocycles. The molecule has 4 N–H and O–H groups in total. The number of carboxylic acids is 1. The number of fused-ring (bicyclic) bond motifs is 1. The molecule has 16 heavy (non-hydrogen) atoms. The molecule has 1 heterocycles. The van der Waals surface area contributed by atoms with Gasteiger partial charge in [-0.3, -0.25) is 4.79 Å². The Morgan fingerprint density at radius 3 is 3.00 bits per heavy atom. The number of aromatic nitrogens is 1. The summed E-state index contributed by atoms with van der Waals surface area (Å²) in [5.41, 5.74) is 6.45. The Balaban J connectivity index is 2.33. The molecule has 0 amide bonds. The molecular weight excluding hydrogens is 206 g/mol. The standard InChI is InChI=1S/C11H11N3O2/c12-11-9-2-1-8(14-6-10(15)16)5-7(9)3-4-13-11/h1-5,14H,6H2,(H2,12,13)(H,15,16). The smallest absolute Gasteiger partial charge is 0.322 e. The van der Waals surface area contributed by atoms with Crippen LogP contribution in [0.15, 0.2) is 30.5 Å². The summed E-state index contributed by atoms with van der Waals surface area (Å²) in [7, 11) is 0. The van der Waals surface area contributed by atoms with Gasteiger partial charge in [0.25, 0.3) is 0 Å². The van der Waals surface area contributed by atoms with Crippen LogP contribution in [0.2, 0.25) is 0 Å². The monoisotopic (exact) mass is 217 g/mol. The van der Waals surface area contributed by atoms with Crippen molar-refractivity contribution >= 4 is 28.2 Å². The van der Waals surface area contributed by atoms with Crippen molar-refractivity contribution in [1.29, 1.82) is 0 Å². The van der Waals surface area contributed by atoms with E-state index in [1.165, 1.54) is 0 Å². The first kappa shape index (κ1) is 10.2. The van der Waals surface area contributed by atoms with Crippen molar-refractivity contribution in [2.24, 2.45) is 0 Å². The number of anilines is 2. The molecular formula is C11H11N3O2. The van der Waals surface area contributed by atoms with Gasteiger partial charge in [0.1, 0.15) is 12.4 Å². The lowest BCUT2D eigenvalue weighted by atomic mass is 10.1. The second kappa shape index (κ2) is 4.06. The van der Waals surface area contributed by atoms with Gasteiger partial charge in [-0.1, -0.05) is 0 Å². The number of rotatable bonds is 3. The summed E-state index contributed by atoms with van der Waals surface area (Å²) in [5, 5.41) is 13.1. The fourth-order valence-electron chi connectivity index (χ4n) is 1.49. The Hall–Kier alpha value is -2.30. The van der Waals surface area contributed by atoms with E-state index in [1.54, 1.807) is 12.3 Å². The van der Waals surface area contributed by atoms with Gasteiger partial charge in [-0.05, 0) is 29.7 Å². The summed E-state index contributed by atoms with van der Waals surface area (Å²) in [4.78, 5) is 14.4. The van der Waals surface area contributed by atoms with Crippen molar-refractivity contribution in [2.45, 2.75) is 0 Å². The first-order chi connectivity index (χ1) is 7.66. The molecule has 0 aliphatic heterocycles. The highest BCUT2D eigenvalue weighted by molar-refractivity contribution is 5.93. The maximum absolute atomic E-state index is 10.4. The van der Waals surface area contributed by atoms with E-state index in [0.29, 0.717) is 5.82 Å². The van der Waals surface area contributed by atoms with Crippen LogP contribution in [-0.4, -0.2) is 22.6 Å². The Morgan fingerprint density at radius 1 is 1.44 bits per heavy atom.